The van der Waals surface area contributed by atoms with Crippen molar-refractivity contribution in [1.29, 1.82) is 0 Å². The van der Waals surface area contributed by atoms with Crippen molar-refractivity contribution in [2.24, 2.45) is 5.92 Å². The van der Waals surface area contributed by atoms with Crippen LogP contribution in [0.1, 0.15) is 41.1 Å². The van der Waals surface area contributed by atoms with Crippen LogP contribution >= 0.6 is 0 Å². The number of rotatable bonds is 4. The molecule has 5 nitrogen and oxygen atoms in total. The van der Waals surface area contributed by atoms with Crippen LogP contribution in [0.2, 0.25) is 0 Å². The van der Waals surface area contributed by atoms with Gasteiger partial charge in [-0.05, 0) is 54.4 Å². The van der Waals surface area contributed by atoms with Crippen LogP contribution in [0.3, 0.4) is 0 Å². The average molecular weight is 352 g/mol. The Kier molecular flexibility index (Phi) is 4.47. The van der Waals surface area contributed by atoms with Crippen LogP contribution in [-0.2, 0) is 14.3 Å². The molecule has 2 fully saturated rings. The molecule has 1 saturated carbocycles. The summed E-state index contributed by atoms with van der Waals surface area (Å²) in [6.07, 6.45) is 3.04. The number of esters is 1. The van der Waals surface area contributed by atoms with Crippen LogP contribution in [0, 0.1) is 5.92 Å². The molecule has 2 aromatic rings. The smallest absolute Gasteiger partial charge is 0.346 e. The summed E-state index contributed by atoms with van der Waals surface area (Å²) in [5, 5.41) is 10.5. The lowest BCUT2D eigenvalue weighted by molar-refractivity contribution is -0.123. The molecule has 1 aliphatic carbocycles. The van der Waals surface area contributed by atoms with Crippen LogP contribution in [0.4, 0.5) is 0 Å². The Morgan fingerprint density at radius 3 is 2.73 bits per heavy atom. The van der Waals surface area contributed by atoms with Gasteiger partial charge in [0.25, 0.3) is 0 Å². The summed E-state index contributed by atoms with van der Waals surface area (Å²) in [4.78, 5) is 22.9. The van der Waals surface area contributed by atoms with E-state index in [1.807, 2.05) is 36.4 Å². The van der Waals surface area contributed by atoms with Gasteiger partial charge in [0.05, 0.1) is 11.7 Å². The number of benzene rings is 2. The molecule has 4 rings (SSSR count). The molecule has 0 amide bonds. The summed E-state index contributed by atoms with van der Waals surface area (Å²) in [5.41, 5.74) is 2.60. The van der Waals surface area contributed by atoms with Crippen molar-refractivity contribution in [2.75, 3.05) is 6.61 Å². The van der Waals surface area contributed by atoms with Crippen molar-refractivity contribution in [3.05, 3.63) is 53.6 Å². The molecule has 2 aromatic carbocycles. The van der Waals surface area contributed by atoms with Gasteiger partial charge in [-0.3, -0.25) is 4.79 Å². The van der Waals surface area contributed by atoms with E-state index in [9.17, 15) is 14.7 Å². The summed E-state index contributed by atoms with van der Waals surface area (Å²) in [6.45, 7) is 0.924. The predicted molar refractivity (Wildman–Crippen MR) is 94.8 cm³/mol. The molecule has 1 saturated heterocycles. The molecule has 2 aliphatic rings. The highest BCUT2D eigenvalue weighted by molar-refractivity contribution is 5.96. The number of phenols is 1. The van der Waals surface area contributed by atoms with Gasteiger partial charge in [0.1, 0.15) is 5.75 Å². The Balaban J connectivity index is 1.78. The highest BCUT2D eigenvalue weighted by atomic mass is 16.6. The van der Waals surface area contributed by atoms with Crippen molar-refractivity contribution >= 4 is 12.4 Å². The number of fused-ring (bicyclic) bond motifs is 1. The summed E-state index contributed by atoms with van der Waals surface area (Å²) in [6, 6.07) is 12.8. The van der Waals surface area contributed by atoms with Gasteiger partial charge >= 0.3 is 12.4 Å². The Bertz CT molecular complexity index is 818. The third kappa shape index (κ3) is 2.99. The highest BCUT2D eigenvalue weighted by Crippen LogP contribution is 2.47. The number of carbonyl (C=O) groups excluding carboxylic acids is 2. The van der Waals surface area contributed by atoms with Crippen LogP contribution in [0.15, 0.2) is 42.5 Å². The first-order chi connectivity index (χ1) is 12.7. The summed E-state index contributed by atoms with van der Waals surface area (Å²) < 4.78 is 10.4. The van der Waals surface area contributed by atoms with Gasteiger partial charge in [-0.1, -0.05) is 30.3 Å². The molecule has 0 bridgehead atoms. The minimum atomic E-state index is -0.733. The molecule has 5 heteroatoms. The summed E-state index contributed by atoms with van der Waals surface area (Å²) >= 11 is 0. The molecule has 1 aliphatic heterocycles. The molecule has 0 aromatic heterocycles. The number of hydrogen-bond donors (Lipinski definition) is 1. The van der Waals surface area contributed by atoms with Gasteiger partial charge in [0.2, 0.25) is 0 Å². The quantitative estimate of drug-likeness (QED) is 0.516. The number of carbonyl (C=O) groups is 2. The van der Waals surface area contributed by atoms with E-state index in [1.165, 1.54) is 6.07 Å². The SMILES string of the molecule is O=COC(=O)c1cc(O)c(-c2ccccc2)cc1[C@@H]1C[C@@H]2CCO[C@H]2C1. The first kappa shape index (κ1) is 16.8. The third-order valence-corrected chi connectivity index (χ3v) is 5.52. The molecule has 1 heterocycles. The van der Waals surface area contributed by atoms with Crippen LogP contribution in [-0.4, -0.2) is 30.3 Å². The van der Waals surface area contributed by atoms with Gasteiger partial charge in [-0.2, -0.15) is 0 Å². The lowest BCUT2D eigenvalue weighted by atomic mass is 9.88. The fourth-order valence-corrected chi connectivity index (χ4v) is 4.29. The Morgan fingerprint density at radius 1 is 1.19 bits per heavy atom. The number of aromatic hydroxyl groups is 1. The summed E-state index contributed by atoms with van der Waals surface area (Å²) in [7, 11) is 0. The monoisotopic (exact) mass is 352 g/mol. The van der Waals surface area contributed by atoms with Gasteiger partial charge in [0, 0.05) is 12.2 Å². The van der Waals surface area contributed by atoms with E-state index >= 15 is 0 Å². The second-order valence-electron chi connectivity index (χ2n) is 6.95. The van der Waals surface area contributed by atoms with Crippen LogP contribution < -0.4 is 0 Å². The number of phenolic OH excluding ortho intramolecular Hbond substituents is 1. The first-order valence-electron chi connectivity index (χ1n) is 8.86. The fourth-order valence-electron chi connectivity index (χ4n) is 4.29. The maximum absolute atomic E-state index is 12.3. The molecule has 26 heavy (non-hydrogen) atoms. The molecular formula is C21H20O5. The van der Waals surface area contributed by atoms with Crippen molar-refractivity contribution in [1.82, 2.24) is 0 Å². The number of hydrogen-bond acceptors (Lipinski definition) is 5. The average Bonchev–Trinajstić information content (AvgIpc) is 3.24. The van der Waals surface area contributed by atoms with Crippen molar-refractivity contribution in [3.63, 3.8) is 0 Å². The maximum atomic E-state index is 12.3. The first-order valence-corrected chi connectivity index (χ1v) is 8.86. The highest BCUT2D eigenvalue weighted by Gasteiger charge is 2.40. The predicted octanol–water partition coefficient (Wildman–Crippen LogP) is 3.65. The largest absolute Gasteiger partial charge is 0.507 e. The van der Waals surface area contributed by atoms with E-state index in [1.54, 1.807) is 0 Å². The lowest BCUT2D eigenvalue weighted by Gasteiger charge is -2.18. The van der Waals surface area contributed by atoms with E-state index in [0.717, 1.165) is 37.0 Å². The minimum absolute atomic E-state index is 0.00719. The van der Waals surface area contributed by atoms with E-state index in [0.29, 0.717) is 11.5 Å². The van der Waals surface area contributed by atoms with Crippen molar-refractivity contribution in [3.8, 4) is 16.9 Å². The Hall–Kier alpha value is -2.66. The zero-order valence-corrected chi connectivity index (χ0v) is 14.3. The second kappa shape index (κ2) is 6.92. The summed E-state index contributed by atoms with van der Waals surface area (Å²) in [5.74, 6) is -0.0957. The minimum Gasteiger partial charge on any atom is -0.507 e. The zero-order valence-electron chi connectivity index (χ0n) is 14.3. The fraction of sp³-hybridized carbons (Fsp3) is 0.333. The van der Waals surface area contributed by atoms with Crippen molar-refractivity contribution in [2.45, 2.75) is 31.3 Å². The van der Waals surface area contributed by atoms with Gasteiger partial charge in [0.15, 0.2) is 0 Å². The number of ether oxygens (including phenoxy) is 2. The lowest BCUT2D eigenvalue weighted by Crippen LogP contribution is -2.11. The van der Waals surface area contributed by atoms with E-state index in [2.05, 4.69) is 4.74 Å². The van der Waals surface area contributed by atoms with Gasteiger partial charge in [-0.15, -0.1) is 0 Å². The van der Waals surface area contributed by atoms with E-state index < -0.39 is 5.97 Å². The molecule has 0 unspecified atom stereocenters. The zero-order chi connectivity index (χ0) is 18.1. The molecule has 134 valence electrons. The second-order valence-corrected chi connectivity index (χ2v) is 6.95. The van der Waals surface area contributed by atoms with E-state index in [-0.39, 0.29) is 29.8 Å². The van der Waals surface area contributed by atoms with Crippen LogP contribution in [0.5, 0.6) is 5.75 Å². The van der Waals surface area contributed by atoms with Gasteiger partial charge in [-0.25, -0.2) is 4.79 Å². The third-order valence-electron chi connectivity index (χ3n) is 5.52. The standard InChI is InChI=1S/C21H20O5/c22-12-26-21(24)18-11-19(23)17(13-4-2-1-3-5-13)10-16(18)15-8-14-6-7-25-20(14)9-15/h1-5,10-12,14-15,20,23H,6-9H2/t14-,15+,20-/m0/s1. The topological polar surface area (TPSA) is 72.8 Å². The molecule has 0 spiro atoms. The van der Waals surface area contributed by atoms with Crippen LogP contribution in [0.25, 0.3) is 11.1 Å². The Labute approximate surface area is 151 Å². The maximum Gasteiger partial charge on any atom is 0.346 e. The van der Waals surface area contributed by atoms with Crippen molar-refractivity contribution < 1.29 is 24.2 Å². The molecule has 1 N–H and O–H groups in total. The molecular weight excluding hydrogens is 332 g/mol. The molecule has 3 atom stereocenters. The van der Waals surface area contributed by atoms with E-state index in [4.69, 9.17) is 4.74 Å². The van der Waals surface area contributed by atoms with Gasteiger partial charge < -0.3 is 14.6 Å². The normalized spacial score (nSPS) is 24.2. The Morgan fingerprint density at radius 2 is 2.00 bits per heavy atom. The molecule has 0 radical (unpaired) electrons.